The van der Waals surface area contributed by atoms with E-state index in [9.17, 15) is 9.59 Å². The fraction of sp³-hybridized carbons (Fsp3) is 0.846. The topological polar surface area (TPSA) is 63.4 Å². The first-order valence-electron chi connectivity index (χ1n) is 6.56. The van der Waals surface area contributed by atoms with Crippen LogP contribution < -0.4 is 5.73 Å². The van der Waals surface area contributed by atoms with Crippen LogP contribution >= 0.6 is 0 Å². The minimum atomic E-state index is -0.435. The van der Waals surface area contributed by atoms with Gasteiger partial charge in [0.25, 0.3) is 0 Å². The Kier molecular flexibility index (Phi) is 3.52. The van der Waals surface area contributed by atoms with E-state index in [2.05, 4.69) is 4.90 Å². The Morgan fingerprint density at radius 2 is 2.00 bits per heavy atom. The molecule has 17 heavy (non-hydrogen) atoms. The van der Waals surface area contributed by atoms with Crippen LogP contribution in [0.15, 0.2) is 0 Å². The van der Waals surface area contributed by atoms with Crippen molar-refractivity contribution in [2.24, 2.45) is 17.1 Å². The Labute approximate surface area is 103 Å². The van der Waals surface area contributed by atoms with Gasteiger partial charge in [-0.15, -0.1) is 0 Å². The van der Waals surface area contributed by atoms with Gasteiger partial charge >= 0.3 is 0 Å². The summed E-state index contributed by atoms with van der Waals surface area (Å²) in [6.45, 7) is 3.86. The molecule has 2 fully saturated rings. The van der Waals surface area contributed by atoms with Gasteiger partial charge in [0, 0.05) is 12.5 Å². The summed E-state index contributed by atoms with van der Waals surface area (Å²) in [5, 5.41) is 0. The number of amides is 1. The van der Waals surface area contributed by atoms with E-state index in [1.54, 1.807) is 0 Å². The van der Waals surface area contributed by atoms with Gasteiger partial charge in [-0.05, 0) is 32.7 Å². The molecule has 1 amide bonds. The molecular weight excluding hydrogens is 216 g/mol. The number of carbonyl (C=O) groups is 2. The van der Waals surface area contributed by atoms with Crippen molar-refractivity contribution in [1.82, 2.24) is 4.90 Å². The van der Waals surface area contributed by atoms with Gasteiger partial charge in [0.2, 0.25) is 5.91 Å². The lowest BCUT2D eigenvalue weighted by atomic mass is 9.89. The van der Waals surface area contributed by atoms with E-state index in [4.69, 9.17) is 5.73 Å². The number of carbonyl (C=O) groups excluding carboxylic acids is 2. The summed E-state index contributed by atoms with van der Waals surface area (Å²) >= 11 is 0. The number of nitrogens with two attached hydrogens (primary N) is 1. The third kappa shape index (κ3) is 2.68. The molecule has 1 aliphatic carbocycles. The van der Waals surface area contributed by atoms with Crippen LogP contribution in [0.4, 0.5) is 0 Å². The highest BCUT2D eigenvalue weighted by Crippen LogP contribution is 2.31. The molecule has 0 aromatic heterocycles. The normalized spacial score (nSPS) is 30.9. The van der Waals surface area contributed by atoms with Crippen LogP contribution in [0.3, 0.4) is 0 Å². The van der Waals surface area contributed by atoms with E-state index in [0.717, 1.165) is 25.8 Å². The van der Waals surface area contributed by atoms with Gasteiger partial charge in [0.1, 0.15) is 5.78 Å². The molecule has 96 valence electrons. The first-order valence-corrected chi connectivity index (χ1v) is 6.56. The monoisotopic (exact) mass is 238 g/mol. The van der Waals surface area contributed by atoms with Gasteiger partial charge < -0.3 is 5.73 Å². The first-order chi connectivity index (χ1) is 8.01. The van der Waals surface area contributed by atoms with Crippen molar-refractivity contribution in [1.29, 1.82) is 0 Å². The average Bonchev–Trinajstić information content (AvgIpc) is 2.88. The fourth-order valence-corrected chi connectivity index (χ4v) is 2.99. The summed E-state index contributed by atoms with van der Waals surface area (Å²) in [5.74, 6) is 0.389. The molecule has 2 rings (SSSR count). The van der Waals surface area contributed by atoms with Crippen molar-refractivity contribution < 1.29 is 9.59 Å². The Bertz CT molecular complexity index is 323. The molecule has 4 heteroatoms. The molecule has 2 aliphatic rings. The van der Waals surface area contributed by atoms with Crippen molar-refractivity contribution >= 4 is 11.7 Å². The van der Waals surface area contributed by atoms with Gasteiger partial charge in [0.05, 0.1) is 12.0 Å². The molecule has 4 nitrogen and oxygen atoms in total. The van der Waals surface area contributed by atoms with Gasteiger partial charge in [-0.1, -0.05) is 12.8 Å². The van der Waals surface area contributed by atoms with Crippen molar-refractivity contribution in [3.05, 3.63) is 0 Å². The van der Waals surface area contributed by atoms with Crippen molar-refractivity contribution in [3.8, 4) is 0 Å². The van der Waals surface area contributed by atoms with Gasteiger partial charge in [-0.3, -0.25) is 14.5 Å². The van der Waals surface area contributed by atoms with E-state index >= 15 is 0 Å². The molecule has 1 aliphatic heterocycles. The molecule has 0 aromatic carbocycles. The van der Waals surface area contributed by atoms with Crippen LogP contribution in [0.1, 0.15) is 39.0 Å². The Morgan fingerprint density at radius 1 is 1.35 bits per heavy atom. The number of likely N-dealkylation sites (tertiary alicyclic amines) is 1. The van der Waals surface area contributed by atoms with Crippen molar-refractivity contribution in [3.63, 3.8) is 0 Å². The Balaban J connectivity index is 1.85. The maximum Gasteiger partial charge on any atom is 0.224 e. The summed E-state index contributed by atoms with van der Waals surface area (Å²) in [7, 11) is 0. The highest BCUT2D eigenvalue weighted by Gasteiger charge is 2.39. The smallest absolute Gasteiger partial charge is 0.224 e. The first kappa shape index (κ1) is 12.6. The van der Waals surface area contributed by atoms with Crippen molar-refractivity contribution in [2.45, 2.75) is 39.0 Å². The van der Waals surface area contributed by atoms with Gasteiger partial charge in [-0.2, -0.15) is 0 Å². The number of nitrogens with zero attached hydrogens (tertiary/aromatic N) is 1. The van der Waals surface area contributed by atoms with Crippen LogP contribution in [0.2, 0.25) is 0 Å². The van der Waals surface area contributed by atoms with Crippen LogP contribution in [0.25, 0.3) is 0 Å². The molecule has 0 spiro atoms. The highest BCUT2D eigenvalue weighted by atomic mass is 16.1. The van der Waals surface area contributed by atoms with Gasteiger partial charge in [0.15, 0.2) is 0 Å². The van der Waals surface area contributed by atoms with Crippen LogP contribution in [-0.2, 0) is 9.59 Å². The summed E-state index contributed by atoms with van der Waals surface area (Å²) < 4.78 is 0. The zero-order chi connectivity index (χ0) is 12.5. The summed E-state index contributed by atoms with van der Waals surface area (Å²) in [4.78, 5) is 25.4. The summed E-state index contributed by atoms with van der Waals surface area (Å²) in [6.07, 6.45) is 5.27. The van der Waals surface area contributed by atoms with E-state index in [1.165, 1.54) is 12.8 Å². The lowest BCUT2D eigenvalue weighted by molar-refractivity contribution is -0.127. The predicted molar refractivity (Wildman–Crippen MR) is 65.3 cm³/mol. The fourth-order valence-electron chi connectivity index (χ4n) is 2.99. The largest absolute Gasteiger partial charge is 0.369 e. The van der Waals surface area contributed by atoms with E-state index in [-0.39, 0.29) is 11.8 Å². The SMILES string of the molecule is CC1(C(N)=O)CCN(CC(=O)C2CCCC2)C1. The zero-order valence-corrected chi connectivity index (χ0v) is 10.6. The lowest BCUT2D eigenvalue weighted by Crippen LogP contribution is -2.38. The molecule has 1 unspecified atom stereocenters. The zero-order valence-electron chi connectivity index (χ0n) is 10.6. The molecule has 0 bridgehead atoms. The van der Waals surface area contributed by atoms with E-state index < -0.39 is 5.41 Å². The second kappa shape index (κ2) is 4.77. The average molecular weight is 238 g/mol. The number of Topliss-reactive ketones (excluding diaryl/α,β-unsaturated/α-hetero) is 1. The minimum absolute atomic E-state index is 0.242. The van der Waals surface area contributed by atoms with Crippen LogP contribution in [0, 0.1) is 11.3 Å². The van der Waals surface area contributed by atoms with Crippen molar-refractivity contribution in [2.75, 3.05) is 19.6 Å². The number of ketones is 1. The maximum absolute atomic E-state index is 12.0. The molecule has 2 N–H and O–H groups in total. The quantitative estimate of drug-likeness (QED) is 0.793. The molecule has 1 saturated carbocycles. The molecule has 0 radical (unpaired) electrons. The summed E-state index contributed by atoms with van der Waals surface area (Å²) in [5.41, 5.74) is 4.96. The third-order valence-electron chi connectivity index (χ3n) is 4.34. The molecule has 1 saturated heterocycles. The third-order valence-corrected chi connectivity index (χ3v) is 4.34. The Morgan fingerprint density at radius 3 is 2.53 bits per heavy atom. The number of hydrogen-bond acceptors (Lipinski definition) is 3. The predicted octanol–water partition coefficient (Wildman–Crippen LogP) is 0.943. The maximum atomic E-state index is 12.0. The Hall–Kier alpha value is -0.900. The number of rotatable bonds is 4. The summed E-state index contributed by atoms with van der Waals surface area (Å²) in [6, 6.07) is 0. The van der Waals surface area contributed by atoms with Gasteiger partial charge in [-0.25, -0.2) is 0 Å². The lowest BCUT2D eigenvalue weighted by Gasteiger charge is -2.21. The number of hydrogen-bond donors (Lipinski definition) is 1. The van der Waals surface area contributed by atoms with E-state index in [1.807, 2.05) is 6.92 Å². The molecule has 1 atom stereocenters. The van der Waals surface area contributed by atoms with Crippen LogP contribution in [0.5, 0.6) is 0 Å². The molecule has 0 aromatic rings. The van der Waals surface area contributed by atoms with E-state index in [0.29, 0.717) is 18.9 Å². The second-order valence-corrected chi connectivity index (χ2v) is 5.83. The minimum Gasteiger partial charge on any atom is -0.369 e. The van der Waals surface area contributed by atoms with Crippen LogP contribution in [-0.4, -0.2) is 36.2 Å². The standard InChI is InChI=1S/C13H22N2O2/c1-13(12(14)17)6-7-15(9-13)8-11(16)10-4-2-3-5-10/h10H,2-9H2,1H3,(H2,14,17). The number of primary amides is 1. The highest BCUT2D eigenvalue weighted by molar-refractivity contribution is 5.84. The molecule has 1 heterocycles. The second-order valence-electron chi connectivity index (χ2n) is 5.83. The molecular formula is C13H22N2O2.